The summed E-state index contributed by atoms with van der Waals surface area (Å²) >= 11 is 0. The van der Waals surface area contributed by atoms with E-state index in [0.717, 1.165) is 18.7 Å². The van der Waals surface area contributed by atoms with Gasteiger partial charge in [0, 0.05) is 24.6 Å². The summed E-state index contributed by atoms with van der Waals surface area (Å²) in [5, 5.41) is 3.25. The van der Waals surface area contributed by atoms with Crippen molar-refractivity contribution in [2.24, 2.45) is 0 Å². The summed E-state index contributed by atoms with van der Waals surface area (Å²) in [5.74, 6) is 0. The lowest BCUT2D eigenvalue weighted by atomic mass is 10.4. The van der Waals surface area contributed by atoms with Gasteiger partial charge in [0.15, 0.2) is 0 Å². The molecule has 0 aromatic carbocycles. The van der Waals surface area contributed by atoms with E-state index in [0.29, 0.717) is 0 Å². The predicted molar refractivity (Wildman–Crippen MR) is 43.0 cm³/mol. The van der Waals surface area contributed by atoms with E-state index in [2.05, 4.69) is 17.2 Å². The number of aromatic nitrogens is 1. The summed E-state index contributed by atoms with van der Waals surface area (Å²) < 4.78 is 0. The van der Waals surface area contributed by atoms with Crippen LogP contribution in [-0.2, 0) is 0 Å². The zero-order valence-corrected chi connectivity index (χ0v) is 6.17. The van der Waals surface area contributed by atoms with Gasteiger partial charge in [0.2, 0.25) is 0 Å². The van der Waals surface area contributed by atoms with E-state index in [4.69, 9.17) is 0 Å². The van der Waals surface area contributed by atoms with Gasteiger partial charge in [-0.1, -0.05) is 6.92 Å². The minimum atomic E-state index is 1.03. The van der Waals surface area contributed by atoms with Gasteiger partial charge in [-0.2, -0.15) is 0 Å². The molecule has 2 nitrogen and oxygen atoms in total. The molecule has 1 heterocycles. The van der Waals surface area contributed by atoms with Gasteiger partial charge in [-0.25, -0.2) is 0 Å². The second-order valence-electron chi connectivity index (χ2n) is 2.16. The Balaban J connectivity index is 2.43. The Morgan fingerprint density at radius 3 is 2.70 bits per heavy atom. The third-order valence-corrected chi connectivity index (χ3v) is 1.26. The van der Waals surface area contributed by atoms with E-state index in [9.17, 15) is 0 Å². The molecule has 2 heteroatoms. The van der Waals surface area contributed by atoms with Gasteiger partial charge < -0.3 is 5.32 Å². The fraction of sp³-hybridized carbons (Fsp3) is 0.375. The standard InChI is InChI=1S/C8H12N2/c1-2-5-10-8-3-6-9-7-4-8/h3-4,6-7H,2,5H2,1H3,(H,9,10). The molecule has 0 fully saturated rings. The molecule has 0 atom stereocenters. The smallest absolute Gasteiger partial charge is 0.0371 e. The number of pyridine rings is 1. The van der Waals surface area contributed by atoms with Crippen LogP contribution in [0.15, 0.2) is 24.5 Å². The van der Waals surface area contributed by atoms with Gasteiger partial charge in [-0.05, 0) is 18.6 Å². The van der Waals surface area contributed by atoms with E-state index < -0.39 is 0 Å². The average molecular weight is 136 g/mol. The van der Waals surface area contributed by atoms with Gasteiger partial charge in [0.25, 0.3) is 0 Å². The molecule has 1 aromatic heterocycles. The van der Waals surface area contributed by atoms with Crippen LogP contribution in [-0.4, -0.2) is 11.5 Å². The van der Waals surface area contributed by atoms with E-state index in [-0.39, 0.29) is 0 Å². The molecule has 1 rings (SSSR count). The summed E-state index contributed by atoms with van der Waals surface area (Å²) in [5.41, 5.74) is 1.15. The van der Waals surface area contributed by atoms with Crippen LogP contribution < -0.4 is 5.32 Å². The maximum Gasteiger partial charge on any atom is 0.0371 e. The molecule has 0 saturated heterocycles. The molecular weight excluding hydrogens is 124 g/mol. The van der Waals surface area contributed by atoms with Crippen LogP contribution in [0.5, 0.6) is 0 Å². The molecule has 0 spiro atoms. The van der Waals surface area contributed by atoms with Crippen LogP contribution in [0.4, 0.5) is 5.69 Å². The molecule has 0 saturated carbocycles. The van der Waals surface area contributed by atoms with Crippen molar-refractivity contribution in [3.05, 3.63) is 24.5 Å². The summed E-state index contributed by atoms with van der Waals surface area (Å²) in [4.78, 5) is 3.91. The summed E-state index contributed by atoms with van der Waals surface area (Å²) in [6.45, 7) is 3.18. The number of hydrogen-bond acceptors (Lipinski definition) is 2. The first kappa shape index (κ1) is 7.06. The van der Waals surface area contributed by atoms with Gasteiger partial charge >= 0.3 is 0 Å². The van der Waals surface area contributed by atoms with Crippen LogP contribution in [0.1, 0.15) is 13.3 Å². The number of hydrogen-bond donors (Lipinski definition) is 1. The topological polar surface area (TPSA) is 24.9 Å². The molecule has 0 bridgehead atoms. The SMILES string of the molecule is CCCNc1ccncc1. The van der Waals surface area contributed by atoms with E-state index in [1.807, 2.05) is 12.1 Å². The van der Waals surface area contributed by atoms with Crippen molar-refractivity contribution >= 4 is 5.69 Å². The molecule has 54 valence electrons. The van der Waals surface area contributed by atoms with Crippen molar-refractivity contribution in [2.45, 2.75) is 13.3 Å². The van der Waals surface area contributed by atoms with Crippen LogP contribution >= 0.6 is 0 Å². The Labute approximate surface area is 61.3 Å². The number of nitrogens with zero attached hydrogens (tertiary/aromatic N) is 1. The Morgan fingerprint density at radius 2 is 2.10 bits per heavy atom. The normalized spacial score (nSPS) is 9.30. The molecule has 0 aliphatic heterocycles. The van der Waals surface area contributed by atoms with Crippen molar-refractivity contribution in [3.8, 4) is 0 Å². The predicted octanol–water partition coefficient (Wildman–Crippen LogP) is 1.90. The fourth-order valence-corrected chi connectivity index (χ4v) is 0.739. The lowest BCUT2D eigenvalue weighted by molar-refractivity contribution is 0.979. The summed E-state index contributed by atoms with van der Waals surface area (Å²) in [6.07, 6.45) is 4.73. The molecule has 0 amide bonds. The molecule has 10 heavy (non-hydrogen) atoms. The van der Waals surface area contributed by atoms with Crippen molar-refractivity contribution in [1.29, 1.82) is 0 Å². The Kier molecular flexibility index (Phi) is 2.74. The third-order valence-electron chi connectivity index (χ3n) is 1.26. The number of anilines is 1. The highest BCUT2D eigenvalue weighted by molar-refractivity contribution is 5.40. The van der Waals surface area contributed by atoms with Crippen LogP contribution in [0.25, 0.3) is 0 Å². The Bertz CT molecular complexity index is 172. The van der Waals surface area contributed by atoms with Crippen molar-refractivity contribution in [3.63, 3.8) is 0 Å². The minimum absolute atomic E-state index is 1.03. The quantitative estimate of drug-likeness (QED) is 0.686. The molecule has 0 aliphatic rings. The lowest BCUT2D eigenvalue weighted by Gasteiger charge is -2.01. The van der Waals surface area contributed by atoms with Gasteiger partial charge in [-0.3, -0.25) is 4.98 Å². The van der Waals surface area contributed by atoms with E-state index >= 15 is 0 Å². The Morgan fingerprint density at radius 1 is 1.40 bits per heavy atom. The highest BCUT2D eigenvalue weighted by Gasteiger charge is 1.84. The maximum atomic E-state index is 3.91. The number of nitrogens with one attached hydrogen (secondary N) is 1. The van der Waals surface area contributed by atoms with Gasteiger partial charge in [0.05, 0.1) is 0 Å². The first-order chi connectivity index (χ1) is 4.93. The monoisotopic (exact) mass is 136 g/mol. The molecule has 0 aliphatic carbocycles. The molecular formula is C8H12N2. The molecule has 0 radical (unpaired) electrons. The van der Waals surface area contributed by atoms with E-state index in [1.54, 1.807) is 12.4 Å². The maximum absolute atomic E-state index is 3.91. The van der Waals surface area contributed by atoms with Crippen molar-refractivity contribution < 1.29 is 0 Å². The first-order valence-corrected chi connectivity index (χ1v) is 3.57. The summed E-state index contributed by atoms with van der Waals surface area (Å²) in [7, 11) is 0. The van der Waals surface area contributed by atoms with Gasteiger partial charge in [-0.15, -0.1) is 0 Å². The fourth-order valence-electron chi connectivity index (χ4n) is 0.739. The lowest BCUT2D eigenvalue weighted by Crippen LogP contribution is -1.98. The summed E-state index contributed by atoms with van der Waals surface area (Å²) in [6, 6.07) is 3.94. The largest absolute Gasteiger partial charge is 0.385 e. The van der Waals surface area contributed by atoms with Crippen LogP contribution in [0.2, 0.25) is 0 Å². The highest BCUT2D eigenvalue weighted by Crippen LogP contribution is 2.01. The van der Waals surface area contributed by atoms with Crippen molar-refractivity contribution in [1.82, 2.24) is 4.98 Å². The zero-order chi connectivity index (χ0) is 7.23. The Hall–Kier alpha value is -1.05. The average Bonchev–Trinajstić information content (AvgIpc) is 2.03. The second kappa shape index (κ2) is 3.88. The van der Waals surface area contributed by atoms with E-state index in [1.165, 1.54) is 0 Å². The van der Waals surface area contributed by atoms with Crippen LogP contribution in [0.3, 0.4) is 0 Å². The molecule has 1 N–H and O–H groups in total. The second-order valence-corrected chi connectivity index (χ2v) is 2.16. The minimum Gasteiger partial charge on any atom is -0.385 e. The number of rotatable bonds is 3. The van der Waals surface area contributed by atoms with Gasteiger partial charge in [0.1, 0.15) is 0 Å². The third kappa shape index (κ3) is 2.05. The highest BCUT2D eigenvalue weighted by atomic mass is 14.9. The molecule has 1 aromatic rings. The first-order valence-electron chi connectivity index (χ1n) is 3.57. The zero-order valence-electron chi connectivity index (χ0n) is 6.17. The molecule has 0 unspecified atom stereocenters. The van der Waals surface area contributed by atoms with Crippen molar-refractivity contribution in [2.75, 3.05) is 11.9 Å². The van der Waals surface area contributed by atoms with Crippen LogP contribution in [0, 0.1) is 0 Å².